The smallest absolute Gasteiger partial charge is 0.284 e. The van der Waals surface area contributed by atoms with Gasteiger partial charge in [-0.2, -0.15) is 8.42 Å². The zero-order valence-electron chi connectivity index (χ0n) is 13.9. The molecule has 0 saturated heterocycles. The summed E-state index contributed by atoms with van der Waals surface area (Å²) < 4.78 is 31.4. The fourth-order valence-corrected chi connectivity index (χ4v) is 3.77. The van der Waals surface area contributed by atoms with Crippen molar-refractivity contribution in [2.24, 2.45) is 0 Å². The zero-order valence-corrected chi connectivity index (χ0v) is 14.7. The van der Waals surface area contributed by atoms with Crippen molar-refractivity contribution in [3.05, 3.63) is 72.9 Å². The molecule has 0 atom stereocenters. The van der Waals surface area contributed by atoms with Gasteiger partial charge < -0.3 is 4.74 Å². The molecule has 7 heteroatoms. The van der Waals surface area contributed by atoms with Crippen molar-refractivity contribution in [2.45, 2.75) is 4.90 Å². The molecule has 130 valence electrons. The summed E-state index contributed by atoms with van der Waals surface area (Å²) in [7, 11) is -2.28. The summed E-state index contributed by atoms with van der Waals surface area (Å²) in [5.41, 5.74) is 1.30. The first-order valence-electron chi connectivity index (χ1n) is 7.89. The maximum atomic E-state index is 12.7. The molecule has 0 spiro atoms. The summed E-state index contributed by atoms with van der Waals surface area (Å²) in [4.78, 5) is 0.119. The standard InChI is InChI=1S/C19H15N3O3S/c1-25-17-8-10-18(11-9-17)26(23,24)22-13-19(20-21-22)16-7-6-14-4-2-3-5-15(14)12-16/h2-13H,1H3. The molecular weight excluding hydrogens is 350 g/mol. The fraction of sp³-hybridized carbons (Fsp3) is 0.0526. The van der Waals surface area contributed by atoms with Crippen molar-refractivity contribution in [1.29, 1.82) is 0 Å². The molecule has 0 unspecified atom stereocenters. The van der Waals surface area contributed by atoms with E-state index in [1.54, 1.807) is 12.1 Å². The van der Waals surface area contributed by atoms with Gasteiger partial charge in [0.2, 0.25) is 0 Å². The minimum atomic E-state index is -3.81. The van der Waals surface area contributed by atoms with Crippen LogP contribution in [-0.4, -0.2) is 29.9 Å². The maximum absolute atomic E-state index is 12.7. The van der Waals surface area contributed by atoms with Crippen LogP contribution in [0.15, 0.2) is 77.8 Å². The molecule has 1 heterocycles. The summed E-state index contributed by atoms with van der Waals surface area (Å²) in [6, 6.07) is 19.9. The topological polar surface area (TPSA) is 74.1 Å². The lowest BCUT2D eigenvalue weighted by molar-refractivity contribution is 0.414. The van der Waals surface area contributed by atoms with Crippen molar-refractivity contribution < 1.29 is 13.2 Å². The van der Waals surface area contributed by atoms with Gasteiger partial charge in [-0.3, -0.25) is 0 Å². The zero-order chi connectivity index (χ0) is 18.1. The molecule has 0 fully saturated rings. The van der Waals surface area contributed by atoms with E-state index in [-0.39, 0.29) is 4.90 Å². The molecule has 0 radical (unpaired) electrons. The molecule has 1 aromatic heterocycles. The SMILES string of the molecule is COc1ccc(S(=O)(=O)n2cc(-c3ccc4ccccc4c3)nn2)cc1. The molecule has 3 aromatic carbocycles. The van der Waals surface area contributed by atoms with E-state index in [1.807, 2.05) is 42.5 Å². The molecule has 6 nitrogen and oxygen atoms in total. The third-order valence-electron chi connectivity index (χ3n) is 4.12. The Morgan fingerprint density at radius 3 is 2.38 bits per heavy atom. The highest BCUT2D eigenvalue weighted by Gasteiger charge is 2.19. The van der Waals surface area contributed by atoms with Crippen LogP contribution < -0.4 is 4.74 Å². The van der Waals surface area contributed by atoms with Crippen LogP contribution in [0.4, 0.5) is 0 Å². The van der Waals surface area contributed by atoms with Gasteiger partial charge >= 0.3 is 0 Å². The fourth-order valence-electron chi connectivity index (χ4n) is 2.70. The number of hydrogen-bond donors (Lipinski definition) is 0. The van der Waals surface area contributed by atoms with Crippen LogP contribution in [0.5, 0.6) is 5.75 Å². The Kier molecular flexibility index (Phi) is 3.93. The van der Waals surface area contributed by atoms with Gasteiger partial charge in [0.05, 0.1) is 18.2 Å². The van der Waals surface area contributed by atoms with E-state index in [1.165, 1.54) is 25.4 Å². The van der Waals surface area contributed by atoms with Crippen molar-refractivity contribution in [3.8, 4) is 17.0 Å². The second-order valence-corrected chi connectivity index (χ2v) is 7.51. The predicted octanol–water partition coefficient (Wildman–Crippen LogP) is 3.34. The number of ether oxygens (including phenoxy) is 1. The molecule has 4 rings (SSSR count). The summed E-state index contributed by atoms with van der Waals surface area (Å²) >= 11 is 0. The van der Waals surface area contributed by atoms with Crippen molar-refractivity contribution >= 4 is 20.8 Å². The molecule has 4 aromatic rings. The van der Waals surface area contributed by atoms with E-state index in [9.17, 15) is 8.42 Å². The highest BCUT2D eigenvalue weighted by atomic mass is 32.2. The number of rotatable bonds is 4. The predicted molar refractivity (Wildman–Crippen MR) is 98.5 cm³/mol. The van der Waals surface area contributed by atoms with Gasteiger partial charge in [-0.1, -0.05) is 41.6 Å². The normalized spacial score (nSPS) is 11.6. The lowest BCUT2D eigenvalue weighted by atomic mass is 10.1. The molecule has 0 amide bonds. The van der Waals surface area contributed by atoms with E-state index in [0.717, 1.165) is 20.4 Å². The minimum Gasteiger partial charge on any atom is -0.497 e. The van der Waals surface area contributed by atoms with Crippen LogP contribution >= 0.6 is 0 Å². The van der Waals surface area contributed by atoms with Gasteiger partial charge in [-0.25, -0.2) is 0 Å². The molecule has 0 N–H and O–H groups in total. The van der Waals surface area contributed by atoms with Gasteiger partial charge in [0, 0.05) is 5.56 Å². The summed E-state index contributed by atoms with van der Waals surface area (Å²) in [6.45, 7) is 0. The third-order valence-corrected chi connectivity index (χ3v) is 5.66. The average molecular weight is 365 g/mol. The van der Waals surface area contributed by atoms with Crippen molar-refractivity contribution in [1.82, 2.24) is 14.4 Å². The summed E-state index contributed by atoms with van der Waals surface area (Å²) in [5.74, 6) is 0.583. The van der Waals surface area contributed by atoms with Crippen LogP contribution in [0, 0.1) is 0 Å². The Morgan fingerprint density at radius 2 is 1.65 bits per heavy atom. The van der Waals surface area contributed by atoms with Crippen molar-refractivity contribution in [2.75, 3.05) is 7.11 Å². The Bertz CT molecular complexity index is 1180. The highest BCUT2D eigenvalue weighted by molar-refractivity contribution is 7.89. The lowest BCUT2D eigenvalue weighted by Gasteiger charge is -2.04. The summed E-state index contributed by atoms with van der Waals surface area (Å²) in [6.07, 6.45) is 1.42. The first kappa shape index (κ1) is 16.3. The van der Waals surface area contributed by atoms with E-state index in [0.29, 0.717) is 11.4 Å². The van der Waals surface area contributed by atoms with E-state index in [2.05, 4.69) is 10.3 Å². The second kappa shape index (κ2) is 6.27. The highest BCUT2D eigenvalue weighted by Crippen LogP contribution is 2.24. The Balaban J connectivity index is 1.71. The third kappa shape index (κ3) is 2.82. The first-order chi connectivity index (χ1) is 12.6. The Labute approximate surface area is 150 Å². The van der Waals surface area contributed by atoms with Gasteiger partial charge in [-0.15, -0.1) is 9.19 Å². The van der Waals surface area contributed by atoms with Crippen LogP contribution in [0.1, 0.15) is 0 Å². The van der Waals surface area contributed by atoms with Crippen LogP contribution in [0.2, 0.25) is 0 Å². The number of hydrogen-bond acceptors (Lipinski definition) is 5. The molecule has 0 aliphatic heterocycles. The van der Waals surface area contributed by atoms with Gasteiger partial charge in [0.1, 0.15) is 11.4 Å². The number of nitrogens with zero attached hydrogens (tertiary/aromatic N) is 3. The summed E-state index contributed by atoms with van der Waals surface area (Å²) in [5, 5.41) is 10.00. The first-order valence-corrected chi connectivity index (χ1v) is 9.33. The molecule has 0 aliphatic rings. The van der Waals surface area contributed by atoms with Gasteiger partial charge in [-0.05, 0) is 41.1 Å². The number of methoxy groups -OCH3 is 1. The number of fused-ring (bicyclic) bond motifs is 1. The quantitative estimate of drug-likeness (QED) is 0.554. The minimum absolute atomic E-state index is 0.119. The van der Waals surface area contributed by atoms with Crippen LogP contribution in [-0.2, 0) is 10.0 Å². The Morgan fingerprint density at radius 1 is 0.923 bits per heavy atom. The second-order valence-electron chi connectivity index (χ2n) is 5.72. The maximum Gasteiger partial charge on any atom is 0.284 e. The lowest BCUT2D eigenvalue weighted by Crippen LogP contribution is -2.13. The van der Waals surface area contributed by atoms with Crippen LogP contribution in [0.3, 0.4) is 0 Å². The largest absolute Gasteiger partial charge is 0.497 e. The number of benzene rings is 3. The monoisotopic (exact) mass is 365 g/mol. The average Bonchev–Trinajstić information content (AvgIpc) is 3.19. The Hall–Kier alpha value is -3.19. The van der Waals surface area contributed by atoms with Crippen LogP contribution in [0.25, 0.3) is 22.0 Å². The molecule has 0 aliphatic carbocycles. The molecular formula is C19H15N3O3S. The molecule has 26 heavy (non-hydrogen) atoms. The van der Waals surface area contributed by atoms with Gasteiger partial charge in [0.15, 0.2) is 0 Å². The van der Waals surface area contributed by atoms with Gasteiger partial charge in [0.25, 0.3) is 10.0 Å². The molecule has 0 saturated carbocycles. The van der Waals surface area contributed by atoms with E-state index >= 15 is 0 Å². The van der Waals surface area contributed by atoms with Crippen molar-refractivity contribution in [3.63, 3.8) is 0 Å². The number of aromatic nitrogens is 3. The van der Waals surface area contributed by atoms with E-state index in [4.69, 9.17) is 4.74 Å². The molecule has 0 bridgehead atoms. The van der Waals surface area contributed by atoms with E-state index < -0.39 is 10.0 Å².